The second kappa shape index (κ2) is 12.7. The second-order valence-corrected chi connectivity index (χ2v) is 13.5. The summed E-state index contributed by atoms with van der Waals surface area (Å²) in [4.78, 5) is 2.49. The second-order valence-electron chi connectivity index (χ2n) is 13.5. The molecule has 0 radical (unpaired) electrons. The summed E-state index contributed by atoms with van der Waals surface area (Å²) >= 11 is 0. The van der Waals surface area contributed by atoms with Crippen molar-refractivity contribution in [1.82, 2.24) is 0 Å². The van der Waals surface area contributed by atoms with Gasteiger partial charge in [-0.3, -0.25) is 0 Å². The average molecular weight is 630 g/mol. The molecular formula is C48H39N. The van der Waals surface area contributed by atoms with Crippen LogP contribution in [-0.4, -0.2) is 0 Å². The van der Waals surface area contributed by atoms with Crippen LogP contribution in [0.1, 0.15) is 43.6 Å². The number of hydrogen-bond donors (Lipinski definition) is 0. The van der Waals surface area contributed by atoms with Crippen LogP contribution in [0.15, 0.2) is 170 Å². The molecule has 0 aromatic heterocycles. The van der Waals surface area contributed by atoms with Crippen LogP contribution in [0, 0.1) is 0 Å². The van der Waals surface area contributed by atoms with Crippen molar-refractivity contribution in [3.8, 4) is 22.3 Å². The maximum Gasteiger partial charge on any atom is 0.0540 e. The summed E-state index contributed by atoms with van der Waals surface area (Å²) in [5.41, 5.74) is 10.0. The highest BCUT2D eigenvalue weighted by molar-refractivity contribution is 6.06. The third-order valence-electron chi connectivity index (χ3n) is 10.6. The minimum Gasteiger partial charge on any atom is -0.309 e. The maximum atomic E-state index is 2.49. The number of nitrogens with zero attached hydrogens (tertiary/aromatic N) is 1. The summed E-state index contributed by atoms with van der Waals surface area (Å²) in [7, 11) is 0. The quantitative estimate of drug-likeness (QED) is 0.177. The van der Waals surface area contributed by atoms with Gasteiger partial charge in [-0.15, -0.1) is 0 Å². The van der Waals surface area contributed by atoms with Gasteiger partial charge in [0.05, 0.1) is 11.4 Å². The van der Waals surface area contributed by atoms with Gasteiger partial charge in [-0.1, -0.05) is 165 Å². The summed E-state index contributed by atoms with van der Waals surface area (Å²) in [6.45, 7) is 0. The van der Waals surface area contributed by atoms with Crippen LogP contribution >= 0.6 is 0 Å². The molecule has 0 unspecified atom stereocenters. The number of anilines is 3. The Morgan fingerprint density at radius 3 is 1.82 bits per heavy atom. The zero-order valence-corrected chi connectivity index (χ0v) is 27.7. The van der Waals surface area contributed by atoms with Gasteiger partial charge < -0.3 is 4.90 Å². The first-order valence-corrected chi connectivity index (χ1v) is 17.8. The van der Waals surface area contributed by atoms with Crippen LogP contribution in [0.3, 0.4) is 0 Å². The van der Waals surface area contributed by atoms with Crippen LogP contribution in [0.25, 0.3) is 54.6 Å². The van der Waals surface area contributed by atoms with Crippen LogP contribution in [0.5, 0.6) is 0 Å². The highest BCUT2D eigenvalue weighted by Crippen LogP contribution is 2.47. The Balaban J connectivity index is 1.30. The first-order chi connectivity index (χ1) is 24.3. The molecule has 0 N–H and O–H groups in total. The third-order valence-corrected chi connectivity index (χ3v) is 10.6. The third kappa shape index (κ3) is 5.36. The lowest BCUT2D eigenvalue weighted by atomic mass is 9.80. The highest BCUT2D eigenvalue weighted by atomic mass is 15.1. The predicted octanol–water partition coefficient (Wildman–Crippen LogP) is 14.0. The van der Waals surface area contributed by atoms with Crippen LogP contribution < -0.4 is 4.90 Å². The molecule has 49 heavy (non-hydrogen) atoms. The minimum atomic E-state index is 0.609. The number of benzene rings is 8. The fourth-order valence-corrected chi connectivity index (χ4v) is 8.35. The summed E-state index contributed by atoms with van der Waals surface area (Å²) in [5.74, 6) is 0.609. The standard InChI is InChI=1S/C48H39N/c1-2-15-36(16-3-1)43-29-12-21-37-22-13-30-45(48(37)43)44-27-8-9-31-47(44)49(46-32-14-20-35-18-5-7-26-42(35)46)39-24-10-23-38(33-39)41-28-11-19-34-17-4-6-25-40(34)41/h4-14,17-33,36H,1-3,15-16H2. The van der Waals surface area contributed by atoms with Crippen molar-refractivity contribution in [3.05, 3.63) is 175 Å². The molecule has 9 rings (SSSR count). The number of hydrogen-bond acceptors (Lipinski definition) is 1. The van der Waals surface area contributed by atoms with E-state index in [9.17, 15) is 0 Å². The molecule has 0 bridgehead atoms. The van der Waals surface area contributed by atoms with Crippen LogP contribution in [0.4, 0.5) is 17.1 Å². The molecule has 1 nitrogen and oxygen atoms in total. The van der Waals surface area contributed by atoms with Gasteiger partial charge in [-0.2, -0.15) is 0 Å². The van der Waals surface area contributed by atoms with Gasteiger partial charge in [0.2, 0.25) is 0 Å². The molecule has 8 aromatic rings. The highest BCUT2D eigenvalue weighted by Gasteiger charge is 2.23. The van der Waals surface area contributed by atoms with Crippen molar-refractivity contribution in [1.29, 1.82) is 0 Å². The Morgan fingerprint density at radius 1 is 0.408 bits per heavy atom. The molecule has 8 aromatic carbocycles. The molecule has 0 saturated heterocycles. The zero-order valence-electron chi connectivity index (χ0n) is 27.7. The van der Waals surface area contributed by atoms with E-state index in [1.54, 1.807) is 0 Å². The summed E-state index contributed by atoms with van der Waals surface area (Å²) in [5, 5.41) is 7.72. The molecule has 0 spiro atoms. The van der Waals surface area contributed by atoms with E-state index in [0.29, 0.717) is 5.92 Å². The number of rotatable bonds is 6. The van der Waals surface area contributed by atoms with Gasteiger partial charge in [0.15, 0.2) is 0 Å². The molecule has 0 atom stereocenters. The van der Waals surface area contributed by atoms with Crippen molar-refractivity contribution in [2.45, 2.75) is 38.0 Å². The van der Waals surface area contributed by atoms with E-state index >= 15 is 0 Å². The van der Waals surface area contributed by atoms with Gasteiger partial charge in [0, 0.05) is 16.6 Å². The van der Waals surface area contributed by atoms with E-state index < -0.39 is 0 Å². The molecule has 1 aliphatic rings. The van der Waals surface area contributed by atoms with Crippen molar-refractivity contribution in [3.63, 3.8) is 0 Å². The van der Waals surface area contributed by atoms with Gasteiger partial charge in [0.1, 0.15) is 0 Å². The van der Waals surface area contributed by atoms with Gasteiger partial charge in [-0.25, -0.2) is 0 Å². The monoisotopic (exact) mass is 629 g/mol. The molecule has 1 saturated carbocycles. The lowest BCUT2D eigenvalue weighted by Gasteiger charge is -2.30. The molecule has 0 heterocycles. The fraction of sp³-hybridized carbons (Fsp3) is 0.125. The van der Waals surface area contributed by atoms with E-state index in [4.69, 9.17) is 0 Å². The van der Waals surface area contributed by atoms with E-state index in [1.807, 2.05) is 0 Å². The first-order valence-electron chi connectivity index (χ1n) is 17.8. The molecule has 1 heteroatoms. The van der Waals surface area contributed by atoms with E-state index in [-0.39, 0.29) is 0 Å². The Hall–Kier alpha value is -5.66. The molecule has 236 valence electrons. The first kappa shape index (κ1) is 29.5. The van der Waals surface area contributed by atoms with Gasteiger partial charge >= 0.3 is 0 Å². The van der Waals surface area contributed by atoms with Crippen molar-refractivity contribution >= 4 is 49.4 Å². The van der Waals surface area contributed by atoms with E-state index in [1.165, 1.54) is 104 Å². The average Bonchev–Trinajstić information content (AvgIpc) is 3.18. The zero-order chi connectivity index (χ0) is 32.6. The molecule has 1 aliphatic carbocycles. The topological polar surface area (TPSA) is 3.24 Å². The summed E-state index contributed by atoms with van der Waals surface area (Å²) in [6.07, 6.45) is 6.55. The summed E-state index contributed by atoms with van der Waals surface area (Å²) in [6, 6.07) is 62.8. The molecular weight excluding hydrogens is 591 g/mol. The van der Waals surface area contributed by atoms with Gasteiger partial charge in [-0.05, 0) is 92.2 Å². The lowest BCUT2D eigenvalue weighted by molar-refractivity contribution is 0.445. The maximum absolute atomic E-state index is 2.49. The normalized spacial score (nSPS) is 13.6. The Bertz CT molecular complexity index is 2430. The largest absolute Gasteiger partial charge is 0.309 e. The summed E-state index contributed by atoms with van der Waals surface area (Å²) < 4.78 is 0. The Kier molecular flexibility index (Phi) is 7.67. The smallest absolute Gasteiger partial charge is 0.0540 e. The number of para-hydroxylation sites is 1. The molecule has 0 aliphatic heterocycles. The van der Waals surface area contributed by atoms with Crippen molar-refractivity contribution < 1.29 is 0 Å². The van der Waals surface area contributed by atoms with E-state index in [0.717, 1.165) is 5.69 Å². The molecule has 0 amide bonds. The fourth-order valence-electron chi connectivity index (χ4n) is 8.35. The van der Waals surface area contributed by atoms with Crippen molar-refractivity contribution in [2.75, 3.05) is 4.90 Å². The Morgan fingerprint density at radius 2 is 0.980 bits per heavy atom. The minimum absolute atomic E-state index is 0.609. The molecule has 1 fully saturated rings. The van der Waals surface area contributed by atoms with Crippen LogP contribution in [0.2, 0.25) is 0 Å². The van der Waals surface area contributed by atoms with Crippen LogP contribution in [-0.2, 0) is 0 Å². The van der Waals surface area contributed by atoms with E-state index in [2.05, 4.69) is 175 Å². The lowest BCUT2D eigenvalue weighted by Crippen LogP contribution is -2.12. The van der Waals surface area contributed by atoms with Gasteiger partial charge in [0.25, 0.3) is 0 Å². The van der Waals surface area contributed by atoms with Crippen molar-refractivity contribution in [2.24, 2.45) is 0 Å². The Labute approximate surface area is 289 Å². The predicted molar refractivity (Wildman–Crippen MR) is 210 cm³/mol. The number of fused-ring (bicyclic) bond motifs is 3. The SMILES string of the molecule is c1cc(-c2cccc3ccccc23)cc(N(c2ccccc2-c2cccc3cccc(C4CCCCC4)c23)c2cccc3ccccc23)c1.